The first-order valence-electron chi connectivity index (χ1n) is 5.82. The first kappa shape index (κ1) is 12.0. The molecule has 2 saturated heterocycles. The van der Waals surface area contributed by atoms with Crippen molar-refractivity contribution in [2.75, 3.05) is 6.61 Å². The quantitative estimate of drug-likeness (QED) is 0.541. The van der Waals surface area contributed by atoms with E-state index in [-0.39, 0.29) is 5.92 Å². The molecule has 0 spiro atoms. The van der Waals surface area contributed by atoms with Crippen LogP contribution in [0.15, 0.2) is 0 Å². The zero-order valence-corrected chi connectivity index (χ0v) is 9.91. The molecule has 0 saturated carbocycles. The van der Waals surface area contributed by atoms with E-state index in [1.54, 1.807) is 0 Å². The standard InChI is InChI=1S/C11H16N2O4/c1-3-4-6(2)11(7-5-17-7)8(14)12-10(16)13-9(11)15/h6-7H,3-5H2,1-2H3,(H2,12,13,14,15,16). The van der Waals surface area contributed by atoms with E-state index < -0.39 is 29.4 Å². The van der Waals surface area contributed by atoms with Crippen LogP contribution in [0.2, 0.25) is 0 Å². The zero-order valence-electron chi connectivity index (χ0n) is 9.91. The molecule has 0 radical (unpaired) electrons. The number of imide groups is 2. The van der Waals surface area contributed by atoms with E-state index in [4.69, 9.17) is 4.74 Å². The van der Waals surface area contributed by atoms with Gasteiger partial charge in [0.1, 0.15) is 6.10 Å². The van der Waals surface area contributed by atoms with Crippen LogP contribution < -0.4 is 10.6 Å². The highest BCUT2D eigenvalue weighted by atomic mass is 16.6. The number of rotatable bonds is 4. The van der Waals surface area contributed by atoms with Gasteiger partial charge in [0.2, 0.25) is 11.8 Å². The number of nitrogens with one attached hydrogen (secondary N) is 2. The third kappa shape index (κ3) is 1.72. The minimum Gasteiger partial charge on any atom is -0.371 e. The van der Waals surface area contributed by atoms with E-state index in [0.717, 1.165) is 12.8 Å². The third-order valence-corrected chi connectivity index (χ3v) is 3.55. The van der Waals surface area contributed by atoms with Crippen molar-refractivity contribution in [1.82, 2.24) is 10.6 Å². The Labute approximate surface area is 99.1 Å². The molecule has 2 unspecified atom stereocenters. The minimum absolute atomic E-state index is 0.159. The molecule has 4 amide bonds. The Morgan fingerprint density at radius 1 is 1.35 bits per heavy atom. The van der Waals surface area contributed by atoms with Crippen molar-refractivity contribution in [2.24, 2.45) is 11.3 Å². The van der Waals surface area contributed by atoms with E-state index in [9.17, 15) is 14.4 Å². The molecule has 6 nitrogen and oxygen atoms in total. The number of hydrogen-bond donors (Lipinski definition) is 2. The summed E-state index contributed by atoms with van der Waals surface area (Å²) in [6, 6.07) is -0.750. The van der Waals surface area contributed by atoms with Crippen molar-refractivity contribution >= 4 is 17.8 Å². The number of ether oxygens (including phenoxy) is 1. The van der Waals surface area contributed by atoms with Gasteiger partial charge in [0.15, 0.2) is 5.41 Å². The number of epoxide rings is 1. The highest BCUT2D eigenvalue weighted by Gasteiger charge is 2.63. The van der Waals surface area contributed by atoms with Crippen LogP contribution in [0.5, 0.6) is 0 Å². The van der Waals surface area contributed by atoms with Crippen LogP contribution in [0.3, 0.4) is 0 Å². The fraction of sp³-hybridized carbons (Fsp3) is 0.727. The van der Waals surface area contributed by atoms with Gasteiger partial charge in [-0.2, -0.15) is 0 Å². The maximum atomic E-state index is 12.1. The van der Waals surface area contributed by atoms with Gasteiger partial charge in [0, 0.05) is 0 Å². The minimum atomic E-state index is -1.25. The summed E-state index contributed by atoms with van der Waals surface area (Å²) in [4.78, 5) is 35.2. The van der Waals surface area contributed by atoms with Crippen LogP contribution in [0, 0.1) is 11.3 Å². The molecule has 94 valence electrons. The summed E-state index contributed by atoms with van der Waals surface area (Å²) in [5.41, 5.74) is -1.25. The molecule has 0 aromatic carbocycles. The van der Waals surface area contributed by atoms with E-state index >= 15 is 0 Å². The van der Waals surface area contributed by atoms with E-state index in [1.165, 1.54) is 0 Å². The summed E-state index contributed by atoms with van der Waals surface area (Å²) in [5.74, 6) is -1.22. The first-order chi connectivity index (χ1) is 8.03. The summed E-state index contributed by atoms with van der Waals surface area (Å²) in [6.07, 6.45) is 1.19. The highest BCUT2D eigenvalue weighted by molar-refractivity contribution is 6.20. The Bertz CT molecular complexity index is 356. The predicted octanol–water partition coefficient (Wildman–Crippen LogP) is 0.174. The van der Waals surface area contributed by atoms with Crippen LogP contribution in [0.25, 0.3) is 0 Å². The Balaban J connectivity index is 2.35. The maximum absolute atomic E-state index is 12.1. The van der Waals surface area contributed by atoms with Crippen LogP contribution in [0.1, 0.15) is 26.7 Å². The predicted molar refractivity (Wildman–Crippen MR) is 57.9 cm³/mol. The number of hydrogen-bond acceptors (Lipinski definition) is 4. The van der Waals surface area contributed by atoms with Crippen molar-refractivity contribution in [3.05, 3.63) is 0 Å². The van der Waals surface area contributed by atoms with E-state index in [0.29, 0.717) is 6.61 Å². The first-order valence-corrected chi connectivity index (χ1v) is 5.82. The number of carbonyl (C=O) groups excluding carboxylic acids is 3. The average Bonchev–Trinajstić information content (AvgIpc) is 3.01. The number of barbiturate groups is 1. The van der Waals surface area contributed by atoms with Crippen molar-refractivity contribution in [3.63, 3.8) is 0 Å². The van der Waals surface area contributed by atoms with Crippen molar-refractivity contribution in [2.45, 2.75) is 32.8 Å². The van der Waals surface area contributed by atoms with Crippen LogP contribution in [-0.4, -0.2) is 30.6 Å². The highest BCUT2D eigenvalue weighted by Crippen LogP contribution is 2.43. The van der Waals surface area contributed by atoms with Gasteiger partial charge in [-0.1, -0.05) is 20.3 Å². The molecule has 2 aliphatic rings. The molecular weight excluding hydrogens is 224 g/mol. The van der Waals surface area contributed by atoms with Crippen molar-refractivity contribution in [3.8, 4) is 0 Å². The molecule has 17 heavy (non-hydrogen) atoms. The number of amides is 4. The molecule has 0 aliphatic carbocycles. The van der Waals surface area contributed by atoms with Gasteiger partial charge in [0.05, 0.1) is 6.61 Å². The number of carbonyl (C=O) groups is 3. The molecule has 0 aromatic heterocycles. The Morgan fingerprint density at radius 3 is 2.29 bits per heavy atom. The molecule has 2 rings (SSSR count). The van der Waals surface area contributed by atoms with Gasteiger partial charge >= 0.3 is 6.03 Å². The van der Waals surface area contributed by atoms with Crippen molar-refractivity contribution in [1.29, 1.82) is 0 Å². The van der Waals surface area contributed by atoms with Gasteiger partial charge in [-0.3, -0.25) is 20.2 Å². The normalized spacial score (nSPS) is 28.4. The Kier molecular flexibility index (Phi) is 2.91. The van der Waals surface area contributed by atoms with Gasteiger partial charge in [-0.15, -0.1) is 0 Å². The monoisotopic (exact) mass is 240 g/mol. The van der Waals surface area contributed by atoms with Gasteiger partial charge in [-0.05, 0) is 12.3 Å². The molecule has 2 N–H and O–H groups in total. The summed E-state index contributed by atoms with van der Waals surface area (Å²) in [5, 5.41) is 4.34. The Morgan fingerprint density at radius 2 is 1.88 bits per heavy atom. The molecule has 2 fully saturated rings. The second-order valence-corrected chi connectivity index (χ2v) is 4.62. The van der Waals surface area contributed by atoms with Gasteiger partial charge in [0.25, 0.3) is 0 Å². The molecule has 2 atom stereocenters. The smallest absolute Gasteiger partial charge is 0.328 e. The van der Waals surface area contributed by atoms with Crippen LogP contribution in [-0.2, 0) is 14.3 Å². The Hall–Kier alpha value is -1.43. The summed E-state index contributed by atoms with van der Waals surface area (Å²) in [7, 11) is 0. The lowest BCUT2D eigenvalue weighted by Gasteiger charge is -2.37. The molecule has 6 heteroatoms. The molecule has 0 bridgehead atoms. The molecule has 2 heterocycles. The molecular formula is C11H16N2O4. The average molecular weight is 240 g/mol. The fourth-order valence-electron chi connectivity index (χ4n) is 2.58. The summed E-state index contributed by atoms with van der Waals surface area (Å²) in [6.45, 7) is 4.23. The van der Waals surface area contributed by atoms with Gasteiger partial charge in [-0.25, -0.2) is 4.79 Å². The van der Waals surface area contributed by atoms with E-state index in [2.05, 4.69) is 10.6 Å². The van der Waals surface area contributed by atoms with E-state index in [1.807, 2.05) is 13.8 Å². The summed E-state index contributed by atoms with van der Waals surface area (Å²) < 4.78 is 5.16. The largest absolute Gasteiger partial charge is 0.371 e. The lowest BCUT2D eigenvalue weighted by atomic mass is 9.69. The lowest BCUT2D eigenvalue weighted by Crippen LogP contribution is -2.66. The van der Waals surface area contributed by atoms with Crippen LogP contribution >= 0.6 is 0 Å². The van der Waals surface area contributed by atoms with Crippen LogP contribution in [0.4, 0.5) is 4.79 Å². The van der Waals surface area contributed by atoms with Crippen molar-refractivity contribution < 1.29 is 19.1 Å². The maximum Gasteiger partial charge on any atom is 0.328 e. The lowest BCUT2D eigenvalue weighted by molar-refractivity contribution is -0.150. The SMILES string of the molecule is CCCC(C)C1(C2CO2)C(=O)NC(=O)NC1=O. The fourth-order valence-corrected chi connectivity index (χ4v) is 2.58. The zero-order chi connectivity index (χ0) is 12.6. The second-order valence-electron chi connectivity index (χ2n) is 4.62. The topological polar surface area (TPSA) is 87.8 Å². The third-order valence-electron chi connectivity index (χ3n) is 3.55. The second kappa shape index (κ2) is 4.10. The summed E-state index contributed by atoms with van der Waals surface area (Å²) >= 11 is 0. The molecule has 0 aromatic rings. The van der Waals surface area contributed by atoms with Gasteiger partial charge < -0.3 is 4.74 Å². The number of urea groups is 1. The molecule has 2 aliphatic heterocycles.